The number of hydrogen-bond acceptors (Lipinski definition) is 3. The van der Waals surface area contributed by atoms with Crippen LogP contribution in [0.4, 0.5) is 5.69 Å². The molecule has 20 heavy (non-hydrogen) atoms. The molecule has 2 N–H and O–H groups in total. The molecule has 1 aliphatic heterocycles. The molecule has 2 atom stereocenters. The van der Waals surface area contributed by atoms with Crippen molar-refractivity contribution in [3.05, 3.63) is 29.8 Å². The summed E-state index contributed by atoms with van der Waals surface area (Å²) in [5.74, 6) is -0.0383. The Morgan fingerprint density at radius 2 is 2.20 bits per heavy atom. The first-order chi connectivity index (χ1) is 9.65. The van der Waals surface area contributed by atoms with Crippen LogP contribution in [0.15, 0.2) is 24.3 Å². The first-order valence-electron chi connectivity index (χ1n) is 7.36. The third kappa shape index (κ3) is 4.62. The van der Waals surface area contributed by atoms with Crippen LogP contribution in [0, 0.1) is 0 Å². The number of amides is 1. The maximum atomic E-state index is 11.1. The summed E-state index contributed by atoms with van der Waals surface area (Å²) in [7, 11) is 0. The minimum Gasteiger partial charge on any atom is -0.381 e. The second-order valence-corrected chi connectivity index (χ2v) is 5.44. The summed E-state index contributed by atoms with van der Waals surface area (Å²) in [6.45, 7) is 5.42. The molecule has 0 aliphatic carbocycles. The van der Waals surface area contributed by atoms with Gasteiger partial charge in [0.1, 0.15) is 0 Å². The highest BCUT2D eigenvalue weighted by molar-refractivity contribution is 5.88. The molecule has 2 rings (SSSR count). The zero-order valence-electron chi connectivity index (χ0n) is 12.3. The Kier molecular flexibility index (Phi) is 5.56. The van der Waals surface area contributed by atoms with Crippen LogP contribution in [-0.4, -0.2) is 25.2 Å². The molecule has 1 saturated heterocycles. The van der Waals surface area contributed by atoms with Crippen LogP contribution in [-0.2, 0) is 9.53 Å². The number of carbonyl (C=O) groups is 1. The molecule has 110 valence electrons. The Bertz CT molecular complexity index is 440. The van der Waals surface area contributed by atoms with Gasteiger partial charge in [0.05, 0.1) is 0 Å². The molecule has 0 spiro atoms. The molecule has 1 aliphatic rings. The molecule has 1 aromatic carbocycles. The SMILES string of the molecule is CC(=O)Nc1cccc(C(C)NC2CCCOCC2)c1. The third-order valence-corrected chi connectivity index (χ3v) is 3.64. The lowest BCUT2D eigenvalue weighted by Crippen LogP contribution is -2.31. The highest BCUT2D eigenvalue weighted by atomic mass is 16.5. The second-order valence-electron chi connectivity index (χ2n) is 5.44. The van der Waals surface area contributed by atoms with E-state index in [1.165, 1.54) is 12.5 Å². The van der Waals surface area contributed by atoms with Gasteiger partial charge in [-0.05, 0) is 43.9 Å². The quantitative estimate of drug-likeness (QED) is 0.889. The van der Waals surface area contributed by atoms with Gasteiger partial charge in [0, 0.05) is 37.9 Å². The molecule has 1 heterocycles. The Labute approximate surface area is 120 Å². The lowest BCUT2D eigenvalue weighted by molar-refractivity contribution is -0.114. The van der Waals surface area contributed by atoms with Crippen molar-refractivity contribution < 1.29 is 9.53 Å². The van der Waals surface area contributed by atoms with Gasteiger partial charge in [-0.2, -0.15) is 0 Å². The van der Waals surface area contributed by atoms with Gasteiger partial charge in [-0.15, -0.1) is 0 Å². The van der Waals surface area contributed by atoms with Crippen molar-refractivity contribution >= 4 is 11.6 Å². The zero-order valence-corrected chi connectivity index (χ0v) is 12.3. The summed E-state index contributed by atoms with van der Waals surface area (Å²) in [6.07, 6.45) is 3.35. The fourth-order valence-corrected chi connectivity index (χ4v) is 2.61. The Morgan fingerprint density at radius 1 is 1.35 bits per heavy atom. The van der Waals surface area contributed by atoms with Crippen molar-refractivity contribution in [3.63, 3.8) is 0 Å². The van der Waals surface area contributed by atoms with Crippen molar-refractivity contribution in [3.8, 4) is 0 Å². The standard InChI is InChI=1S/C16H24N2O2/c1-12(17-15-7-4-9-20-10-8-15)14-5-3-6-16(11-14)18-13(2)19/h3,5-6,11-12,15,17H,4,7-10H2,1-2H3,(H,18,19). The van der Waals surface area contributed by atoms with E-state index in [0.29, 0.717) is 6.04 Å². The number of rotatable bonds is 4. The first-order valence-corrected chi connectivity index (χ1v) is 7.36. The van der Waals surface area contributed by atoms with E-state index in [0.717, 1.165) is 38.2 Å². The van der Waals surface area contributed by atoms with E-state index < -0.39 is 0 Å². The van der Waals surface area contributed by atoms with E-state index in [-0.39, 0.29) is 11.9 Å². The minimum absolute atomic E-state index is 0.0383. The molecule has 4 nitrogen and oxygen atoms in total. The van der Waals surface area contributed by atoms with Crippen LogP contribution >= 0.6 is 0 Å². The average molecular weight is 276 g/mol. The molecule has 0 radical (unpaired) electrons. The van der Waals surface area contributed by atoms with E-state index in [1.54, 1.807) is 0 Å². The Balaban J connectivity index is 1.97. The van der Waals surface area contributed by atoms with Crippen molar-refractivity contribution in [1.29, 1.82) is 0 Å². The highest BCUT2D eigenvalue weighted by Crippen LogP contribution is 2.20. The van der Waals surface area contributed by atoms with Crippen LogP contribution < -0.4 is 10.6 Å². The lowest BCUT2D eigenvalue weighted by Gasteiger charge is -2.22. The number of nitrogens with one attached hydrogen (secondary N) is 2. The molecular formula is C16H24N2O2. The summed E-state index contributed by atoms with van der Waals surface area (Å²) in [4.78, 5) is 11.1. The largest absolute Gasteiger partial charge is 0.381 e. The highest BCUT2D eigenvalue weighted by Gasteiger charge is 2.15. The molecule has 0 bridgehead atoms. The summed E-state index contributed by atoms with van der Waals surface area (Å²) < 4.78 is 5.49. The smallest absolute Gasteiger partial charge is 0.221 e. The van der Waals surface area contributed by atoms with Gasteiger partial charge in [0.15, 0.2) is 0 Å². The molecule has 0 aromatic heterocycles. The van der Waals surface area contributed by atoms with Gasteiger partial charge < -0.3 is 15.4 Å². The number of carbonyl (C=O) groups excluding carboxylic acids is 1. The summed E-state index contributed by atoms with van der Waals surface area (Å²) in [5, 5.41) is 6.49. The molecule has 1 fully saturated rings. The fraction of sp³-hybridized carbons (Fsp3) is 0.562. The van der Waals surface area contributed by atoms with E-state index in [9.17, 15) is 4.79 Å². The van der Waals surface area contributed by atoms with Gasteiger partial charge >= 0.3 is 0 Å². The van der Waals surface area contributed by atoms with Crippen molar-refractivity contribution in [1.82, 2.24) is 5.32 Å². The maximum Gasteiger partial charge on any atom is 0.221 e. The summed E-state index contributed by atoms with van der Waals surface area (Å²) in [5.41, 5.74) is 2.05. The monoisotopic (exact) mass is 276 g/mol. The van der Waals surface area contributed by atoms with Crippen molar-refractivity contribution in [2.45, 2.75) is 45.2 Å². The van der Waals surface area contributed by atoms with Crippen LogP contribution in [0.5, 0.6) is 0 Å². The van der Waals surface area contributed by atoms with Crippen molar-refractivity contribution in [2.24, 2.45) is 0 Å². The number of anilines is 1. The molecular weight excluding hydrogens is 252 g/mol. The maximum absolute atomic E-state index is 11.1. The van der Waals surface area contributed by atoms with Gasteiger partial charge in [-0.25, -0.2) is 0 Å². The predicted molar refractivity (Wildman–Crippen MR) is 80.8 cm³/mol. The topological polar surface area (TPSA) is 50.4 Å². The molecule has 1 aromatic rings. The number of ether oxygens (including phenoxy) is 1. The van der Waals surface area contributed by atoms with Gasteiger partial charge in [-0.1, -0.05) is 12.1 Å². The van der Waals surface area contributed by atoms with E-state index in [4.69, 9.17) is 4.74 Å². The molecule has 2 unspecified atom stereocenters. The van der Waals surface area contributed by atoms with Gasteiger partial charge in [0.25, 0.3) is 0 Å². The van der Waals surface area contributed by atoms with Crippen LogP contribution in [0.25, 0.3) is 0 Å². The Morgan fingerprint density at radius 3 is 3.00 bits per heavy atom. The van der Waals surface area contributed by atoms with E-state index >= 15 is 0 Å². The van der Waals surface area contributed by atoms with Gasteiger partial charge in [-0.3, -0.25) is 4.79 Å². The number of benzene rings is 1. The average Bonchev–Trinajstić information content (AvgIpc) is 2.67. The van der Waals surface area contributed by atoms with Crippen LogP contribution in [0.2, 0.25) is 0 Å². The number of hydrogen-bond donors (Lipinski definition) is 2. The van der Waals surface area contributed by atoms with E-state index in [1.807, 2.05) is 18.2 Å². The normalized spacial score (nSPS) is 21.0. The van der Waals surface area contributed by atoms with Crippen LogP contribution in [0.1, 0.15) is 44.7 Å². The second kappa shape index (κ2) is 7.41. The molecule has 1 amide bonds. The van der Waals surface area contributed by atoms with E-state index in [2.05, 4.69) is 23.6 Å². The summed E-state index contributed by atoms with van der Waals surface area (Å²) in [6, 6.07) is 8.80. The summed E-state index contributed by atoms with van der Waals surface area (Å²) >= 11 is 0. The third-order valence-electron chi connectivity index (χ3n) is 3.64. The zero-order chi connectivity index (χ0) is 14.4. The Hall–Kier alpha value is -1.39. The fourth-order valence-electron chi connectivity index (χ4n) is 2.61. The predicted octanol–water partition coefficient (Wildman–Crippen LogP) is 2.86. The minimum atomic E-state index is -0.0383. The van der Waals surface area contributed by atoms with Crippen molar-refractivity contribution in [2.75, 3.05) is 18.5 Å². The lowest BCUT2D eigenvalue weighted by atomic mass is 10.0. The van der Waals surface area contributed by atoms with Crippen LogP contribution in [0.3, 0.4) is 0 Å². The molecule has 0 saturated carbocycles. The molecule has 4 heteroatoms. The first kappa shape index (κ1) is 15.0. The van der Waals surface area contributed by atoms with Gasteiger partial charge in [0.2, 0.25) is 5.91 Å².